The van der Waals surface area contributed by atoms with Crippen LogP contribution in [0.25, 0.3) is 0 Å². The van der Waals surface area contributed by atoms with Gasteiger partial charge in [-0.25, -0.2) is 9.78 Å². The van der Waals surface area contributed by atoms with E-state index in [9.17, 15) is 18.0 Å². The van der Waals surface area contributed by atoms with Gasteiger partial charge in [0.15, 0.2) is 0 Å². The Balaban J connectivity index is 1.69. The van der Waals surface area contributed by atoms with E-state index in [4.69, 9.17) is 10.00 Å². The van der Waals surface area contributed by atoms with Crippen LogP contribution >= 0.6 is 0 Å². The molecule has 2 aromatic rings. The van der Waals surface area contributed by atoms with E-state index in [0.29, 0.717) is 24.4 Å². The molecular formula is C21H22F3N5O2. The minimum absolute atomic E-state index is 0.0367. The maximum Gasteiger partial charge on any atom is 0.433 e. The number of rotatable bonds is 3. The van der Waals surface area contributed by atoms with Crippen molar-refractivity contribution in [3.63, 3.8) is 0 Å². The number of hydrogen-bond donors (Lipinski definition) is 1. The number of carbonyl (C=O) groups is 1. The second-order valence-corrected chi connectivity index (χ2v) is 7.36. The molecule has 0 radical (unpaired) electrons. The van der Waals surface area contributed by atoms with Crippen molar-refractivity contribution in [1.82, 2.24) is 9.88 Å². The molecule has 0 bridgehead atoms. The van der Waals surface area contributed by atoms with Crippen molar-refractivity contribution in [3.8, 4) is 11.8 Å². The zero-order valence-corrected chi connectivity index (χ0v) is 17.3. The molecule has 0 saturated carbocycles. The summed E-state index contributed by atoms with van der Waals surface area (Å²) in [7, 11) is 1.50. The lowest BCUT2D eigenvalue weighted by Gasteiger charge is -2.45. The zero-order chi connectivity index (χ0) is 22.8. The summed E-state index contributed by atoms with van der Waals surface area (Å²) in [6.45, 7) is 4.80. The van der Waals surface area contributed by atoms with Crippen molar-refractivity contribution in [2.45, 2.75) is 32.1 Å². The smallest absolute Gasteiger partial charge is 0.433 e. The molecule has 1 aromatic heterocycles. The summed E-state index contributed by atoms with van der Waals surface area (Å²) in [5, 5.41) is 11.8. The predicted molar refractivity (Wildman–Crippen MR) is 109 cm³/mol. The molecule has 0 aliphatic carbocycles. The third-order valence-electron chi connectivity index (χ3n) is 5.19. The monoisotopic (exact) mass is 433 g/mol. The number of alkyl halides is 3. The number of benzene rings is 1. The van der Waals surface area contributed by atoms with E-state index in [1.54, 1.807) is 17.0 Å². The molecule has 1 aliphatic heterocycles. The average Bonchev–Trinajstić information content (AvgIpc) is 2.74. The summed E-state index contributed by atoms with van der Waals surface area (Å²) in [5.41, 5.74) is 0.494. The van der Waals surface area contributed by atoms with E-state index in [2.05, 4.69) is 21.3 Å². The van der Waals surface area contributed by atoms with Crippen molar-refractivity contribution >= 4 is 17.4 Å². The van der Waals surface area contributed by atoms with Gasteiger partial charge in [-0.05, 0) is 38.1 Å². The Hall–Kier alpha value is -3.48. The molecule has 1 fully saturated rings. The second-order valence-electron chi connectivity index (χ2n) is 7.36. The lowest BCUT2D eigenvalue weighted by Crippen LogP contribution is -2.59. The molecule has 7 nitrogen and oxygen atoms in total. The van der Waals surface area contributed by atoms with Gasteiger partial charge in [0, 0.05) is 36.9 Å². The van der Waals surface area contributed by atoms with Crippen LogP contribution in [0.15, 0.2) is 36.5 Å². The Labute approximate surface area is 178 Å². The van der Waals surface area contributed by atoms with Crippen LogP contribution < -0.4 is 15.0 Å². The first-order valence-electron chi connectivity index (χ1n) is 9.59. The van der Waals surface area contributed by atoms with E-state index in [1.165, 1.54) is 13.2 Å². The number of carbonyl (C=O) groups excluding carboxylic acids is 1. The zero-order valence-electron chi connectivity index (χ0n) is 17.3. The molecule has 2 amide bonds. The van der Waals surface area contributed by atoms with Crippen LogP contribution in [-0.4, -0.2) is 48.2 Å². The summed E-state index contributed by atoms with van der Waals surface area (Å²) in [6, 6.07) is 8.82. The number of piperazine rings is 1. The molecule has 31 heavy (non-hydrogen) atoms. The molecule has 1 aliphatic rings. The van der Waals surface area contributed by atoms with Gasteiger partial charge in [0.05, 0.1) is 24.6 Å². The van der Waals surface area contributed by atoms with E-state index in [0.717, 1.165) is 18.0 Å². The fourth-order valence-electron chi connectivity index (χ4n) is 3.55. The standard InChI is InChI=1S/C21H22F3N5O2/c1-13-12-29(20(30)27-16-5-7-19(26-10-16)21(22,23)24)14(2)11-28(13)17-6-4-15(9-25)18(8-17)31-3/h4-8,10,13-14H,11-12H2,1-3H3,(H,27,30)/t13-,14+/m0/s1. The first-order valence-corrected chi connectivity index (χ1v) is 9.59. The summed E-state index contributed by atoms with van der Waals surface area (Å²) in [5.74, 6) is 0.481. The number of amides is 2. The summed E-state index contributed by atoms with van der Waals surface area (Å²) >= 11 is 0. The van der Waals surface area contributed by atoms with Gasteiger partial charge in [-0.3, -0.25) is 0 Å². The van der Waals surface area contributed by atoms with E-state index in [-0.39, 0.29) is 17.8 Å². The van der Waals surface area contributed by atoms with Crippen LogP contribution in [0.3, 0.4) is 0 Å². The van der Waals surface area contributed by atoms with Gasteiger partial charge in [0.2, 0.25) is 0 Å². The van der Waals surface area contributed by atoms with Gasteiger partial charge in [-0.15, -0.1) is 0 Å². The van der Waals surface area contributed by atoms with Crippen molar-refractivity contribution in [2.24, 2.45) is 0 Å². The number of anilines is 2. The van der Waals surface area contributed by atoms with Crippen LogP contribution in [-0.2, 0) is 6.18 Å². The van der Waals surface area contributed by atoms with Gasteiger partial charge in [-0.2, -0.15) is 18.4 Å². The summed E-state index contributed by atoms with van der Waals surface area (Å²) in [6.07, 6.45) is -3.54. The third-order valence-corrected chi connectivity index (χ3v) is 5.19. The molecular weight excluding hydrogens is 411 g/mol. The highest BCUT2D eigenvalue weighted by Gasteiger charge is 2.34. The maximum atomic E-state index is 12.7. The Morgan fingerprint density at radius 2 is 1.97 bits per heavy atom. The molecule has 1 saturated heterocycles. The number of nitrogens with zero attached hydrogens (tertiary/aromatic N) is 4. The van der Waals surface area contributed by atoms with Crippen LogP contribution in [0.1, 0.15) is 25.1 Å². The maximum absolute atomic E-state index is 12.7. The SMILES string of the molecule is COc1cc(N2C[C@@H](C)N(C(=O)Nc3ccc(C(F)(F)F)nc3)C[C@@H]2C)ccc1C#N. The molecule has 10 heteroatoms. The molecule has 164 valence electrons. The van der Waals surface area contributed by atoms with Gasteiger partial charge in [-0.1, -0.05) is 0 Å². The van der Waals surface area contributed by atoms with Gasteiger partial charge < -0.3 is 19.9 Å². The number of nitrogens with one attached hydrogen (secondary N) is 1. The molecule has 1 N–H and O–H groups in total. The number of halogens is 3. The van der Waals surface area contributed by atoms with Crippen LogP contribution in [0, 0.1) is 11.3 Å². The molecule has 1 aromatic carbocycles. The quantitative estimate of drug-likeness (QED) is 0.788. The van der Waals surface area contributed by atoms with Gasteiger partial charge >= 0.3 is 12.2 Å². The molecule has 0 spiro atoms. The first kappa shape index (κ1) is 22.2. The summed E-state index contributed by atoms with van der Waals surface area (Å²) < 4.78 is 43.2. The van der Waals surface area contributed by atoms with Gasteiger partial charge in [0.1, 0.15) is 17.5 Å². The molecule has 3 rings (SSSR count). The fourth-order valence-corrected chi connectivity index (χ4v) is 3.55. The highest BCUT2D eigenvalue weighted by Crippen LogP contribution is 2.30. The number of aromatic nitrogens is 1. The van der Waals surface area contributed by atoms with Crippen molar-refractivity contribution in [2.75, 3.05) is 30.4 Å². The number of ether oxygens (including phenoxy) is 1. The average molecular weight is 433 g/mol. The normalized spacial score (nSPS) is 19.0. The van der Waals surface area contributed by atoms with Crippen molar-refractivity contribution in [1.29, 1.82) is 5.26 Å². The first-order chi connectivity index (χ1) is 14.6. The lowest BCUT2D eigenvalue weighted by molar-refractivity contribution is -0.141. The Bertz CT molecular complexity index is 988. The minimum Gasteiger partial charge on any atom is -0.495 e. The number of nitriles is 1. The molecule has 2 atom stereocenters. The van der Waals surface area contributed by atoms with Crippen LogP contribution in [0.2, 0.25) is 0 Å². The molecule has 2 heterocycles. The Morgan fingerprint density at radius 1 is 1.23 bits per heavy atom. The van der Waals surface area contributed by atoms with Crippen molar-refractivity contribution < 1.29 is 22.7 Å². The lowest BCUT2D eigenvalue weighted by atomic mass is 10.1. The number of urea groups is 1. The minimum atomic E-state index is -4.53. The van der Waals surface area contributed by atoms with Gasteiger partial charge in [0.25, 0.3) is 0 Å². The summed E-state index contributed by atoms with van der Waals surface area (Å²) in [4.78, 5) is 19.8. The number of methoxy groups -OCH3 is 1. The van der Waals surface area contributed by atoms with Crippen LogP contribution in [0.5, 0.6) is 5.75 Å². The van der Waals surface area contributed by atoms with Crippen LogP contribution in [0.4, 0.5) is 29.3 Å². The van der Waals surface area contributed by atoms with E-state index < -0.39 is 17.9 Å². The Morgan fingerprint density at radius 3 is 2.55 bits per heavy atom. The fraction of sp³-hybridized carbons (Fsp3) is 0.381. The Kier molecular flexibility index (Phi) is 6.24. The highest BCUT2D eigenvalue weighted by atomic mass is 19.4. The topological polar surface area (TPSA) is 81.5 Å². The number of hydrogen-bond acceptors (Lipinski definition) is 5. The van der Waals surface area contributed by atoms with E-state index in [1.807, 2.05) is 19.9 Å². The molecule has 0 unspecified atom stereocenters. The third kappa shape index (κ3) is 4.82. The van der Waals surface area contributed by atoms with E-state index >= 15 is 0 Å². The predicted octanol–water partition coefficient (Wildman–Crippen LogP) is 4.11. The van der Waals surface area contributed by atoms with Crippen molar-refractivity contribution in [3.05, 3.63) is 47.8 Å². The largest absolute Gasteiger partial charge is 0.495 e. The second kappa shape index (κ2) is 8.71. The number of pyridine rings is 1. The highest BCUT2D eigenvalue weighted by molar-refractivity contribution is 5.89.